The molecule has 0 radical (unpaired) electrons. The Labute approximate surface area is 214 Å². The lowest BCUT2D eigenvalue weighted by Crippen LogP contribution is -2.41. The van der Waals surface area contributed by atoms with E-state index < -0.39 is 11.7 Å². The monoisotopic (exact) mass is 516 g/mol. The summed E-state index contributed by atoms with van der Waals surface area (Å²) in [4.78, 5) is 21.1. The quantitative estimate of drug-likeness (QED) is 0.434. The van der Waals surface area contributed by atoms with Crippen molar-refractivity contribution in [3.8, 4) is 0 Å². The minimum atomic E-state index is -4.41. The first kappa shape index (κ1) is 26.8. The molecule has 0 atom stereocenters. The van der Waals surface area contributed by atoms with Gasteiger partial charge in [-0.3, -0.25) is 14.6 Å². The molecule has 0 unspecified atom stereocenters. The third-order valence-electron chi connectivity index (χ3n) is 6.28. The van der Waals surface area contributed by atoms with Crippen LogP contribution < -0.4 is 5.32 Å². The number of hydrogen-bond acceptors (Lipinski definition) is 6. The molecule has 1 aliphatic rings. The summed E-state index contributed by atoms with van der Waals surface area (Å²) in [6.07, 6.45) is -3.10. The van der Waals surface area contributed by atoms with Crippen LogP contribution in [0.4, 0.5) is 13.2 Å². The fourth-order valence-corrected chi connectivity index (χ4v) is 4.22. The van der Waals surface area contributed by atoms with Crippen LogP contribution >= 0.6 is 0 Å². The highest BCUT2D eigenvalue weighted by Gasteiger charge is 2.30. The van der Waals surface area contributed by atoms with E-state index in [0.29, 0.717) is 37.8 Å². The number of ether oxygens (including phenoxy) is 1. The number of hydrogen-bond donors (Lipinski definition) is 1. The smallest absolute Gasteiger partial charge is 0.416 e. The van der Waals surface area contributed by atoms with E-state index in [-0.39, 0.29) is 24.7 Å². The van der Waals surface area contributed by atoms with Gasteiger partial charge in [-0.05, 0) is 29.7 Å². The number of rotatable bonds is 10. The molecule has 0 aliphatic carbocycles. The summed E-state index contributed by atoms with van der Waals surface area (Å²) in [7, 11) is 0. The molecule has 0 bridgehead atoms. The first-order valence-electron chi connectivity index (χ1n) is 12.2. The van der Waals surface area contributed by atoms with E-state index in [1.54, 1.807) is 6.07 Å². The predicted octanol–water partition coefficient (Wildman–Crippen LogP) is 4.27. The number of amides is 1. The van der Waals surface area contributed by atoms with E-state index in [4.69, 9.17) is 9.15 Å². The van der Waals surface area contributed by atoms with Crippen LogP contribution in [0.3, 0.4) is 0 Å². The zero-order chi connectivity index (χ0) is 26.3. The number of nitrogens with zero attached hydrogens (tertiary/aromatic N) is 3. The van der Waals surface area contributed by atoms with Gasteiger partial charge in [0.1, 0.15) is 6.26 Å². The second kappa shape index (κ2) is 12.4. The number of aromatic nitrogens is 1. The lowest BCUT2D eigenvalue weighted by atomic mass is 10.1. The van der Waals surface area contributed by atoms with Gasteiger partial charge >= 0.3 is 6.18 Å². The third kappa shape index (κ3) is 7.88. The molecule has 1 amide bonds. The van der Waals surface area contributed by atoms with Crippen LogP contribution in [0.15, 0.2) is 59.2 Å². The summed E-state index contributed by atoms with van der Waals surface area (Å²) in [5, 5.41) is 2.86. The zero-order valence-electron chi connectivity index (χ0n) is 20.8. The molecule has 1 N–H and O–H groups in total. The van der Waals surface area contributed by atoms with Crippen molar-refractivity contribution in [2.75, 3.05) is 39.4 Å². The SMILES string of the molecule is Cc1ccccc1CN(Cc1cccc(C(F)(F)F)c1)Cc1nc(C(=O)NCCN2CCOCC2)co1. The van der Waals surface area contributed by atoms with Crippen LogP contribution in [0, 0.1) is 6.92 Å². The number of carbonyl (C=O) groups is 1. The van der Waals surface area contributed by atoms with Crippen LogP contribution in [-0.4, -0.2) is 60.1 Å². The number of halogens is 3. The van der Waals surface area contributed by atoms with E-state index in [1.165, 1.54) is 12.3 Å². The Balaban J connectivity index is 1.42. The second-order valence-electron chi connectivity index (χ2n) is 9.11. The standard InChI is InChI=1S/C27H31F3N4O3/c1-20-5-2-3-7-22(20)17-34(16-21-6-4-8-23(15-21)27(28,29)30)18-25-32-24(19-37-25)26(35)31-9-10-33-11-13-36-14-12-33/h2-8,15,19H,9-14,16-18H2,1H3,(H,31,35). The Morgan fingerprint density at radius 3 is 2.62 bits per heavy atom. The third-order valence-corrected chi connectivity index (χ3v) is 6.28. The van der Waals surface area contributed by atoms with Gasteiger partial charge in [-0.15, -0.1) is 0 Å². The molecule has 0 spiro atoms. The van der Waals surface area contributed by atoms with Crippen molar-refractivity contribution in [3.05, 3.63) is 88.6 Å². The van der Waals surface area contributed by atoms with E-state index in [1.807, 2.05) is 36.1 Å². The molecule has 10 heteroatoms. The summed E-state index contributed by atoms with van der Waals surface area (Å²) in [5.74, 6) is -0.00881. The summed E-state index contributed by atoms with van der Waals surface area (Å²) < 4.78 is 50.6. The zero-order valence-corrected chi connectivity index (χ0v) is 20.8. The van der Waals surface area contributed by atoms with E-state index in [0.717, 1.165) is 42.9 Å². The van der Waals surface area contributed by atoms with Crippen LogP contribution in [0.5, 0.6) is 0 Å². The Hall–Kier alpha value is -3.21. The number of oxazole rings is 1. The molecule has 37 heavy (non-hydrogen) atoms. The number of aryl methyl sites for hydroxylation is 1. The van der Waals surface area contributed by atoms with Gasteiger partial charge in [0, 0.05) is 39.3 Å². The Morgan fingerprint density at radius 1 is 1.08 bits per heavy atom. The van der Waals surface area contributed by atoms with Crippen LogP contribution in [0.1, 0.15) is 38.6 Å². The van der Waals surface area contributed by atoms with Crippen molar-refractivity contribution in [3.63, 3.8) is 0 Å². The lowest BCUT2D eigenvalue weighted by molar-refractivity contribution is -0.137. The summed E-state index contributed by atoms with van der Waals surface area (Å²) in [6, 6.07) is 13.1. The minimum absolute atomic E-state index is 0.173. The normalized spacial score (nSPS) is 14.7. The van der Waals surface area contributed by atoms with E-state index in [9.17, 15) is 18.0 Å². The number of benzene rings is 2. The maximum atomic E-state index is 13.2. The molecule has 1 aromatic heterocycles. The van der Waals surface area contributed by atoms with Crippen LogP contribution in [0.2, 0.25) is 0 Å². The van der Waals surface area contributed by atoms with Gasteiger partial charge in [0.2, 0.25) is 5.89 Å². The highest BCUT2D eigenvalue weighted by atomic mass is 19.4. The van der Waals surface area contributed by atoms with Crippen LogP contribution in [-0.2, 0) is 30.5 Å². The van der Waals surface area contributed by atoms with Gasteiger partial charge in [-0.1, -0.05) is 42.5 Å². The molecule has 2 aromatic carbocycles. The molecule has 198 valence electrons. The largest absolute Gasteiger partial charge is 0.447 e. The van der Waals surface area contributed by atoms with Crippen molar-refractivity contribution in [1.29, 1.82) is 0 Å². The molecule has 4 rings (SSSR count). The molecule has 1 aliphatic heterocycles. The highest BCUT2D eigenvalue weighted by Crippen LogP contribution is 2.30. The molecule has 1 saturated heterocycles. The van der Waals surface area contributed by atoms with Crippen molar-refractivity contribution >= 4 is 5.91 Å². The number of carbonyl (C=O) groups excluding carboxylic acids is 1. The summed E-state index contributed by atoms with van der Waals surface area (Å²) in [6.45, 7) is 7.22. The maximum absolute atomic E-state index is 13.2. The predicted molar refractivity (Wildman–Crippen MR) is 132 cm³/mol. The van der Waals surface area contributed by atoms with Gasteiger partial charge in [0.25, 0.3) is 5.91 Å². The van der Waals surface area contributed by atoms with Crippen LogP contribution in [0.25, 0.3) is 0 Å². The van der Waals surface area contributed by atoms with E-state index >= 15 is 0 Å². The lowest BCUT2D eigenvalue weighted by Gasteiger charge is -2.26. The second-order valence-corrected chi connectivity index (χ2v) is 9.11. The summed E-state index contributed by atoms with van der Waals surface area (Å²) >= 11 is 0. The summed E-state index contributed by atoms with van der Waals surface area (Å²) in [5.41, 5.74) is 2.13. The average molecular weight is 517 g/mol. The average Bonchev–Trinajstić information content (AvgIpc) is 3.34. The van der Waals surface area contributed by atoms with Crippen molar-refractivity contribution < 1.29 is 27.1 Å². The van der Waals surface area contributed by atoms with Crippen molar-refractivity contribution in [2.24, 2.45) is 0 Å². The fourth-order valence-electron chi connectivity index (χ4n) is 4.22. The minimum Gasteiger partial charge on any atom is -0.447 e. The highest BCUT2D eigenvalue weighted by molar-refractivity contribution is 5.91. The van der Waals surface area contributed by atoms with E-state index in [2.05, 4.69) is 15.2 Å². The molecule has 3 aromatic rings. The number of morpholine rings is 1. The first-order valence-corrected chi connectivity index (χ1v) is 12.2. The van der Waals surface area contributed by atoms with Gasteiger partial charge in [0.15, 0.2) is 5.69 Å². The van der Waals surface area contributed by atoms with Gasteiger partial charge in [-0.25, -0.2) is 4.98 Å². The Morgan fingerprint density at radius 2 is 1.86 bits per heavy atom. The van der Waals surface area contributed by atoms with Crippen molar-refractivity contribution in [2.45, 2.75) is 32.7 Å². The molecule has 2 heterocycles. The molecule has 7 nitrogen and oxygen atoms in total. The Kier molecular flexibility index (Phi) is 8.96. The topological polar surface area (TPSA) is 70.8 Å². The fraction of sp³-hybridized carbons (Fsp3) is 0.407. The number of alkyl halides is 3. The molecule has 1 fully saturated rings. The van der Waals surface area contributed by atoms with Gasteiger partial charge in [-0.2, -0.15) is 13.2 Å². The van der Waals surface area contributed by atoms with Crippen molar-refractivity contribution in [1.82, 2.24) is 20.1 Å². The number of nitrogens with one attached hydrogen (secondary N) is 1. The van der Waals surface area contributed by atoms with Gasteiger partial charge < -0.3 is 14.5 Å². The Bertz CT molecular complexity index is 1180. The molecule has 0 saturated carbocycles. The molecular weight excluding hydrogens is 485 g/mol. The van der Waals surface area contributed by atoms with Gasteiger partial charge in [0.05, 0.1) is 25.3 Å². The first-order chi connectivity index (χ1) is 17.8. The maximum Gasteiger partial charge on any atom is 0.416 e. The molecular formula is C27H31F3N4O3.